The van der Waals surface area contributed by atoms with E-state index >= 15 is 0 Å². The van der Waals surface area contributed by atoms with Gasteiger partial charge >= 0.3 is 5.97 Å². The number of hydrogen-bond donors (Lipinski definition) is 1. The molecule has 8 heteroatoms. The highest BCUT2D eigenvalue weighted by Crippen LogP contribution is 2.31. The van der Waals surface area contributed by atoms with Gasteiger partial charge in [0.2, 0.25) is 5.78 Å². The number of ether oxygens (including phenoxy) is 1. The molecule has 0 saturated heterocycles. The summed E-state index contributed by atoms with van der Waals surface area (Å²) in [5.74, 6) is -4.27. The molecule has 0 heterocycles. The number of carbonyl (C=O) groups is 2. The lowest BCUT2D eigenvalue weighted by Gasteiger charge is -2.10. The van der Waals surface area contributed by atoms with Gasteiger partial charge in [-0.25, -0.2) is 13.6 Å². The van der Waals surface area contributed by atoms with Crippen LogP contribution in [0, 0.1) is 11.6 Å². The quantitative estimate of drug-likeness (QED) is 0.159. The summed E-state index contributed by atoms with van der Waals surface area (Å²) in [6.07, 6.45) is 2.94. The van der Waals surface area contributed by atoms with Gasteiger partial charge in [-0.3, -0.25) is 4.79 Å². The van der Waals surface area contributed by atoms with Crippen LogP contribution >= 0.6 is 23.2 Å². The van der Waals surface area contributed by atoms with Crippen LogP contribution in [0.25, 0.3) is 0 Å². The second kappa shape index (κ2) is 7.27. The van der Waals surface area contributed by atoms with E-state index in [2.05, 4.69) is 5.32 Å². The van der Waals surface area contributed by atoms with E-state index in [0.717, 1.165) is 19.0 Å². The molecule has 0 radical (unpaired) electrons. The van der Waals surface area contributed by atoms with E-state index in [-0.39, 0.29) is 12.6 Å². The van der Waals surface area contributed by atoms with E-state index < -0.39 is 44.6 Å². The molecule has 0 unspecified atom stereocenters. The van der Waals surface area contributed by atoms with Crippen molar-refractivity contribution in [2.75, 3.05) is 6.61 Å². The number of esters is 1. The Hall–Kier alpha value is -1.66. The third-order valence-electron chi connectivity index (χ3n) is 3.12. The molecule has 0 bridgehead atoms. The lowest BCUT2D eigenvalue weighted by Crippen LogP contribution is -2.21. The van der Waals surface area contributed by atoms with E-state index in [1.807, 2.05) is 0 Å². The molecule has 2 rings (SSSR count). The van der Waals surface area contributed by atoms with Gasteiger partial charge in [0.25, 0.3) is 0 Å². The fourth-order valence-electron chi connectivity index (χ4n) is 1.79. The molecule has 1 N–H and O–H groups in total. The maximum atomic E-state index is 14.0. The fraction of sp³-hybridized carbons (Fsp3) is 0.333. The molecule has 23 heavy (non-hydrogen) atoms. The van der Waals surface area contributed by atoms with E-state index in [4.69, 9.17) is 27.9 Å². The lowest BCUT2D eigenvalue weighted by molar-refractivity contribution is -0.138. The summed E-state index contributed by atoms with van der Waals surface area (Å²) in [7, 11) is 0. The molecule has 0 aromatic heterocycles. The predicted octanol–water partition coefficient (Wildman–Crippen LogP) is 3.65. The lowest BCUT2D eigenvalue weighted by atomic mass is 10.0. The molecular weight excluding hydrogens is 351 g/mol. The topological polar surface area (TPSA) is 55.4 Å². The molecule has 1 saturated carbocycles. The third-order valence-corrected chi connectivity index (χ3v) is 3.75. The van der Waals surface area contributed by atoms with Crippen molar-refractivity contribution in [2.24, 2.45) is 0 Å². The second-order valence-corrected chi connectivity index (χ2v) is 5.68. The van der Waals surface area contributed by atoms with Gasteiger partial charge in [0.1, 0.15) is 11.4 Å². The number of ketones is 1. The largest absolute Gasteiger partial charge is 0.462 e. The molecule has 0 aliphatic heterocycles. The van der Waals surface area contributed by atoms with Gasteiger partial charge in [-0.15, -0.1) is 0 Å². The Morgan fingerprint density at radius 2 is 2.04 bits per heavy atom. The Labute approximate surface area is 141 Å². The van der Waals surface area contributed by atoms with E-state index in [9.17, 15) is 18.4 Å². The number of rotatable bonds is 6. The summed E-state index contributed by atoms with van der Waals surface area (Å²) >= 11 is 11.1. The highest BCUT2D eigenvalue weighted by molar-refractivity contribution is 6.39. The fourth-order valence-corrected chi connectivity index (χ4v) is 2.30. The van der Waals surface area contributed by atoms with Crippen LogP contribution in [-0.4, -0.2) is 24.4 Å². The van der Waals surface area contributed by atoms with Crippen LogP contribution in [0.1, 0.15) is 30.1 Å². The Morgan fingerprint density at radius 1 is 1.39 bits per heavy atom. The summed E-state index contributed by atoms with van der Waals surface area (Å²) in [4.78, 5) is 24.4. The van der Waals surface area contributed by atoms with Crippen molar-refractivity contribution in [3.63, 3.8) is 0 Å². The number of halogens is 4. The normalized spacial score (nSPS) is 14.6. The number of nitrogens with one attached hydrogen (secondary N) is 1. The minimum atomic E-state index is -1.13. The molecule has 0 spiro atoms. The van der Waals surface area contributed by atoms with Gasteiger partial charge in [-0.2, -0.15) is 0 Å². The predicted molar refractivity (Wildman–Crippen MR) is 81.6 cm³/mol. The summed E-state index contributed by atoms with van der Waals surface area (Å²) in [5.41, 5.74) is -1.22. The van der Waals surface area contributed by atoms with Gasteiger partial charge < -0.3 is 10.1 Å². The molecule has 124 valence electrons. The van der Waals surface area contributed by atoms with Crippen LogP contribution in [0.5, 0.6) is 0 Å². The highest BCUT2D eigenvalue weighted by atomic mass is 35.5. The van der Waals surface area contributed by atoms with Crippen molar-refractivity contribution in [3.8, 4) is 0 Å². The van der Waals surface area contributed by atoms with Crippen molar-refractivity contribution in [3.05, 3.63) is 45.1 Å². The van der Waals surface area contributed by atoms with Crippen LogP contribution in [0.4, 0.5) is 8.78 Å². The smallest absolute Gasteiger partial charge is 0.343 e. The Kier molecular flexibility index (Phi) is 5.59. The molecule has 4 nitrogen and oxygen atoms in total. The van der Waals surface area contributed by atoms with Crippen molar-refractivity contribution < 1.29 is 23.1 Å². The minimum Gasteiger partial charge on any atom is -0.462 e. The van der Waals surface area contributed by atoms with Crippen LogP contribution in [0.15, 0.2) is 17.8 Å². The average molecular weight is 364 g/mol. The maximum Gasteiger partial charge on any atom is 0.343 e. The van der Waals surface area contributed by atoms with Crippen LogP contribution in [-0.2, 0) is 9.53 Å². The van der Waals surface area contributed by atoms with Gasteiger partial charge in [0.15, 0.2) is 5.82 Å². The third kappa shape index (κ3) is 4.00. The SMILES string of the molecule is CCOC(=O)/C(=C\NC1CC1)C(=O)c1c(F)cc(Cl)c(F)c1Cl. The first kappa shape index (κ1) is 17.7. The zero-order chi connectivity index (χ0) is 17.1. The van der Waals surface area contributed by atoms with Crippen molar-refractivity contribution in [2.45, 2.75) is 25.8 Å². The number of carbonyl (C=O) groups excluding carboxylic acids is 2. The van der Waals surface area contributed by atoms with E-state index in [1.165, 1.54) is 0 Å². The second-order valence-electron chi connectivity index (χ2n) is 4.89. The monoisotopic (exact) mass is 363 g/mol. The standard InChI is InChI=1S/C15H13Cl2F2NO3/c1-2-23-15(22)8(6-20-7-3-4-7)14(21)11-10(18)5-9(16)13(19)12(11)17/h5-7,20H,2-4H2,1H3/b8-6-. The molecular formula is C15H13Cl2F2NO3. The summed E-state index contributed by atoms with van der Waals surface area (Å²) in [5, 5.41) is 1.51. The molecule has 1 fully saturated rings. The molecule has 1 aromatic rings. The van der Waals surface area contributed by atoms with Gasteiger partial charge in [0.05, 0.1) is 22.2 Å². The molecule has 1 aliphatic rings. The van der Waals surface area contributed by atoms with Crippen LogP contribution in [0.2, 0.25) is 10.0 Å². The van der Waals surface area contributed by atoms with Crippen LogP contribution < -0.4 is 5.32 Å². The average Bonchev–Trinajstić information content (AvgIpc) is 3.29. The first-order valence-corrected chi connectivity index (χ1v) is 7.63. The molecule has 1 aliphatic carbocycles. The van der Waals surface area contributed by atoms with Gasteiger partial charge in [0, 0.05) is 12.2 Å². The Balaban J connectivity index is 2.42. The number of hydrogen-bond acceptors (Lipinski definition) is 4. The molecule has 0 amide bonds. The summed E-state index contributed by atoms with van der Waals surface area (Å²) < 4.78 is 32.5. The Morgan fingerprint density at radius 3 is 2.61 bits per heavy atom. The van der Waals surface area contributed by atoms with E-state index in [1.54, 1.807) is 6.92 Å². The summed E-state index contributed by atoms with van der Waals surface area (Å²) in [6.45, 7) is 1.59. The summed E-state index contributed by atoms with van der Waals surface area (Å²) in [6, 6.07) is 0.780. The first-order valence-electron chi connectivity index (χ1n) is 6.87. The highest BCUT2D eigenvalue weighted by Gasteiger charge is 2.29. The van der Waals surface area contributed by atoms with Crippen molar-refractivity contribution in [1.29, 1.82) is 0 Å². The van der Waals surface area contributed by atoms with Crippen molar-refractivity contribution >= 4 is 35.0 Å². The number of Topliss-reactive ketones (excluding diaryl/α,β-unsaturated/α-hetero) is 1. The molecule has 1 aromatic carbocycles. The Bertz CT molecular complexity index is 688. The van der Waals surface area contributed by atoms with Crippen molar-refractivity contribution in [1.82, 2.24) is 5.32 Å². The van der Waals surface area contributed by atoms with Gasteiger partial charge in [-0.1, -0.05) is 23.2 Å². The number of benzene rings is 1. The first-order chi connectivity index (χ1) is 10.9. The maximum absolute atomic E-state index is 14.0. The van der Waals surface area contributed by atoms with E-state index in [0.29, 0.717) is 6.07 Å². The van der Waals surface area contributed by atoms with Crippen LogP contribution in [0.3, 0.4) is 0 Å². The molecule has 0 atom stereocenters. The zero-order valence-electron chi connectivity index (χ0n) is 12.1. The minimum absolute atomic E-state index is 0.0259. The van der Waals surface area contributed by atoms with Gasteiger partial charge in [-0.05, 0) is 25.8 Å². The zero-order valence-corrected chi connectivity index (χ0v) is 13.6.